The molecule has 1 aromatic heterocycles. The number of rotatable bonds is 10. The van der Waals surface area contributed by atoms with Gasteiger partial charge in [-0.1, -0.05) is 6.07 Å². The molecule has 1 aliphatic heterocycles. The van der Waals surface area contributed by atoms with Crippen molar-refractivity contribution in [2.75, 3.05) is 68.3 Å². The summed E-state index contributed by atoms with van der Waals surface area (Å²) in [5.41, 5.74) is 3.98. The number of benzene rings is 2. The molecule has 0 saturated carbocycles. The molecule has 0 aliphatic carbocycles. The van der Waals surface area contributed by atoms with Crippen LogP contribution in [0, 0.1) is 6.92 Å². The molecule has 13 heteroatoms. The Morgan fingerprint density at radius 1 is 1.07 bits per heavy atom. The van der Waals surface area contributed by atoms with Crippen molar-refractivity contribution in [3.63, 3.8) is 0 Å². The third-order valence-electron chi connectivity index (χ3n) is 7.07. The molecule has 0 radical (unpaired) electrons. The van der Waals surface area contributed by atoms with E-state index in [1.807, 2.05) is 0 Å². The van der Waals surface area contributed by atoms with E-state index in [4.69, 9.17) is 9.47 Å². The molecule has 0 spiro atoms. The number of halogens is 1. The average Bonchev–Trinajstić information content (AvgIpc) is 2.94. The van der Waals surface area contributed by atoms with Gasteiger partial charge >= 0.3 is 0 Å². The van der Waals surface area contributed by atoms with E-state index in [9.17, 15) is 8.76 Å². The van der Waals surface area contributed by atoms with Crippen molar-refractivity contribution in [1.82, 2.24) is 14.9 Å². The van der Waals surface area contributed by atoms with Crippen molar-refractivity contribution in [2.45, 2.75) is 25.8 Å². The minimum Gasteiger partial charge on any atom is -0.494 e. The molecule has 4 rings (SSSR count). The summed E-state index contributed by atoms with van der Waals surface area (Å²) in [6, 6.07) is 10.0. The van der Waals surface area contributed by atoms with Gasteiger partial charge in [0.25, 0.3) is 11.3 Å². The number of ether oxygens (including phenoxy) is 2. The van der Waals surface area contributed by atoms with Gasteiger partial charge in [-0.05, 0) is 73.6 Å². The number of hydrogen-bond donors (Lipinski definition) is 3. The largest absolute Gasteiger partial charge is 0.494 e. The fraction of sp³-hybridized carbons (Fsp3) is 0.407. The summed E-state index contributed by atoms with van der Waals surface area (Å²) in [5, 5.41) is 6.53. The number of aromatic nitrogens is 2. The lowest BCUT2D eigenvalue weighted by Gasteiger charge is -2.37. The highest BCUT2D eigenvalue weighted by molar-refractivity contribution is 9.10. The molecule has 1 fully saturated rings. The van der Waals surface area contributed by atoms with Gasteiger partial charge in [-0.15, -0.1) is 0 Å². The van der Waals surface area contributed by atoms with Crippen molar-refractivity contribution < 1.29 is 18.2 Å². The van der Waals surface area contributed by atoms with E-state index in [-0.39, 0.29) is 0 Å². The quantitative estimate of drug-likeness (QED) is 0.259. The van der Waals surface area contributed by atoms with Crippen molar-refractivity contribution in [3.8, 4) is 11.5 Å². The van der Waals surface area contributed by atoms with Crippen LogP contribution in [0.3, 0.4) is 0 Å². The van der Waals surface area contributed by atoms with Crippen molar-refractivity contribution >= 4 is 61.7 Å². The van der Waals surface area contributed by atoms with Gasteiger partial charge in [-0.25, -0.2) is 9.19 Å². The minimum absolute atomic E-state index is 0.353. The van der Waals surface area contributed by atoms with Gasteiger partial charge in [-0.2, -0.15) is 4.98 Å². The van der Waals surface area contributed by atoms with Crippen LogP contribution < -0.4 is 29.3 Å². The average molecular weight is 635 g/mol. The van der Waals surface area contributed by atoms with Gasteiger partial charge in [0.05, 0.1) is 30.1 Å². The molecule has 216 valence electrons. The molecule has 2 heterocycles. The Balaban J connectivity index is 1.59. The molecule has 1 saturated heterocycles. The lowest BCUT2D eigenvalue weighted by atomic mass is 10.0. The first-order valence-corrected chi connectivity index (χ1v) is 14.7. The number of para-hydroxylation sites is 1. The SMILES string of the molecule is COc1cc(N2CCC(N(C)C)CC2)c(C)cc1Nc1ncc(Br)c(Nc2cccc(OC)c2N(C)S(=O)O)n1. The summed E-state index contributed by atoms with van der Waals surface area (Å²) in [7, 11) is 8.95. The summed E-state index contributed by atoms with van der Waals surface area (Å²) >= 11 is 1.25. The maximum absolute atomic E-state index is 11.8. The van der Waals surface area contributed by atoms with Crippen molar-refractivity contribution in [3.05, 3.63) is 46.6 Å². The highest BCUT2D eigenvalue weighted by Crippen LogP contribution is 2.39. The number of hydrogen-bond acceptors (Lipinski definition) is 9. The maximum Gasteiger partial charge on any atom is 0.261 e. The number of nitrogens with one attached hydrogen (secondary N) is 2. The van der Waals surface area contributed by atoms with Crippen LogP contribution in [0.5, 0.6) is 11.5 Å². The van der Waals surface area contributed by atoms with Gasteiger partial charge in [0.1, 0.15) is 23.0 Å². The highest BCUT2D eigenvalue weighted by Gasteiger charge is 2.23. The van der Waals surface area contributed by atoms with Crippen LogP contribution in [0.15, 0.2) is 41.0 Å². The predicted octanol–water partition coefficient (Wildman–Crippen LogP) is 5.16. The summed E-state index contributed by atoms with van der Waals surface area (Å²) in [6.07, 6.45) is 3.88. The Labute approximate surface area is 246 Å². The molecule has 1 atom stereocenters. The zero-order valence-electron chi connectivity index (χ0n) is 23.6. The third-order valence-corrected chi connectivity index (χ3v) is 8.30. The summed E-state index contributed by atoms with van der Waals surface area (Å²) in [5.74, 6) is 1.94. The molecule has 11 nitrogen and oxygen atoms in total. The molecule has 3 N–H and O–H groups in total. The van der Waals surface area contributed by atoms with Crippen LogP contribution in [0.4, 0.5) is 34.5 Å². The maximum atomic E-state index is 11.8. The molecule has 1 unspecified atom stereocenters. The lowest BCUT2D eigenvalue weighted by Crippen LogP contribution is -2.42. The van der Waals surface area contributed by atoms with Crippen LogP contribution in [0.1, 0.15) is 18.4 Å². The van der Waals surface area contributed by atoms with E-state index < -0.39 is 11.3 Å². The second-order valence-corrected chi connectivity index (χ2v) is 11.6. The van der Waals surface area contributed by atoms with Gasteiger partial charge in [0, 0.05) is 44.1 Å². The molecule has 0 amide bonds. The Bertz CT molecular complexity index is 1370. The van der Waals surface area contributed by atoms with Crippen LogP contribution >= 0.6 is 15.9 Å². The number of aryl methyl sites for hydroxylation is 1. The topological polar surface area (TPSA) is 115 Å². The first-order valence-electron chi connectivity index (χ1n) is 12.8. The minimum atomic E-state index is -2.25. The van der Waals surface area contributed by atoms with E-state index in [0.29, 0.717) is 45.2 Å². The third kappa shape index (κ3) is 6.60. The van der Waals surface area contributed by atoms with E-state index in [2.05, 4.69) is 79.5 Å². The summed E-state index contributed by atoms with van der Waals surface area (Å²) < 4.78 is 34.5. The number of methoxy groups -OCH3 is 2. The van der Waals surface area contributed by atoms with Crippen molar-refractivity contribution in [2.24, 2.45) is 0 Å². The van der Waals surface area contributed by atoms with Crippen molar-refractivity contribution in [1.29, 1.82) is 0 Å². The Morgan fingerprint density at radius 3 is 2.40 bits per heavy atom. The fourth-order valence-corrected chi connectivity index (χ4v) is 5.50. The van der Waals surface area contributed by atoms with E-state index >= 15 is 0 Å². The summed E-state index contributed by atoms with van der Waals surface area (Å²) in [6.45, 7) is 4.09. The standard InChI is InChI=1S/C27H36BrN7O4S/c1-17-14-21(24(39-6)15-22(17)35-12-10-18(11-13-35)33(2)3)31-27-29-16-19(28)26(32-27)30-20-8-7-9-23(38-5)25(20)34(4)40(36)37/h7-9,14-16,18H,10-13H2,1-6H3,(H,36,37)(H2,29,30,31,32). The molecule has 2 aromatic carbocycles. The molecule has 1 aliphatic rings. The predicted molar refractivity (Wildman–Crippen MR) is 165 cm³/mol. The molecule has 0 bridgehead atoms. The normalized spacial score (nSPS) is 14.7. The summed E-state index contributed by atoms with van der Waals surface area (Å²) in [4.78, 5) is 13.8. The Hall–Kier alpha value is -3.13. The first-order chi connectivity index (χ1) is 19.1. The van der Waals surface area contributed by atoms with Gasteiger partial charge in [0.15, 0.2) is 0 Å². The monoisotopic (exact) mass is 633 g/mol. The Kier molecular flexibility index (Phi) is 9.72. The van der Waals surface area contributed by atoms with Crippen LogP contribution in [-0.2, 0) is 11.3 Å². The van der Waals surface area contributed by atoms with E-state index in [0.717, 1.165) is 42.9 Å². The van der Waals surface area contributed by atoms with Crippen LogP contribution in [0.25, 0.3) is 0 Å². The van der Waals surface area contributed by atoms with Gasteiger partial charge < -0.3 is 29.9 Å². The highest BCUT2D eigenvalue weighted by atomic mass is 79.9. The number of piperidine rings is 1. The molecule has 3 aromatic rings. The zero-order chi connectivity index (χ0) is 29.0. The Morgan fingerprint density at radius 2 is 1.77 bits per heavy atom. The van der Waals surface area contributed by atoms with Gasteiger partial charge in [0.2, 0.25) is 5.95 Å². The second-order valence-electron chi connectivity index (χ2n) is 9.75. The van der Waals surface area contributed by atoms with E-state index in [1.165, 1.54) is 18.5 Å². The molecule has 40 heavy (non-hydrogen) atoms. The number of anilines is 6. The van der Waals surface area contributed by atoms with Crippen LogP contribution in [-0.4, -0.2) is 78.1 Å². The molecular weight excluding hydrogens is 598 g/mol. The van der Waals surface area contributed by atoms with Crippen LogP contribution in [0.2, 0.25) is 0 Å². The lowest BCUT2D eigenvalue weighted by molar-refractivity contribution is 0.249. The zero-order valence-corrected chi connectivity index (χ0v) is 26.0. The van der Waals surface area contributed by atoms with Gasteiger partial charge in [-0.3, -0.25) is 8.86 Å². The second kappa shape index (κ2) is 13.0. The van der Waals surface area contributed by atoms with E-state index in [1.54, 1.807) is 31.5 Å². The fourth-order valence-electron chi connectivity index (χ4n) is 4.86. The smallest absolute Gasteiger partial charge is 0.261 e. The molecular formula is C27H36BrN7O4S. The number of nitrogens with zero attached hydrogens (tertiary/aromatic N) is 5. The first kappa shape index (κ1) is 29.8.